The van der Waals surface area contributed by atoms with Gasteiger partial charge >= 0.3 is 0 Å². The smallest absolute Gasteiger partial charge is 0.295 e. The average Bonchev–Trinajstić information content (AvgIpc) is 3.55. The van der Waals surface area contributed by atoms with E-state index >= 15 is 0 Å². The van der Waals surface area contributed by atoms with Gasteiger partial charge in [0.25, 0.3) is 6.43 Å². The highest BCUT2D eigenvalue weighted by Crippen LogP contribution is 2.40. The summed E-state index contributed by atoms with van der Waals surface area (Å²) in [5.74, 6) is 0.719. The number of fused-ring (bicyclic) bond motifs is 1. The number of halogens is 2. The molecule has 0 unspecified atom stereocenters. The Morgan fingerprint density at radius 2 is 1.91 bits per heavy atom. The number of nitrogens with one attached hydrogen (secondary N) is 3. The van der Waals surface area contributed by atoms with Crippen LogP contribution < -0.4 is 15.4 Å². The molecule has 5 rings (SSSR count). The third kappa shape index (κ3) is 4.44. The molecule has 0 spiro atoms. The summed E-state index contributed by atoms with van der Waals surface area (Å²) >= 11 is 1.47. The molecule has 0 bridgehead atoms. The predicted octanol–water partition coefficient (Wildman–Crippen LogP) is 5.78. The molecule has 1 aromatic carbocycles. The SMILES string of the molecule is COc1c(Nc2cc(Nc3cccc(C#N)n3)nc3[nH]c(C(F)F)nc23)cccc1-c1nccs1. The molecule has 0 atom stereocenters. The number of thiazole rings is 1. The molecule has 0 saturated heterocycles. The third-order valence-corrected chi connectivity index (χ3v) is 5.76. The van der Waals surface area contributed by atoms with Crippen molar-refractivity contribution in [1.82, 2.24) is 24.9 Å². The van der Waals surface area contributed by atoms with E-state index in [1.165, 1.54) is 11.3 Å². The second-order valence-electron chi connectivity index (χ2n) is 7.17. The first-order valence-corrected chi connectivity index (χ1v) is 11.1. The fourth-order valence-electron chi connectivity index (χ4n) is 3.49. The van der Waals surface area contributed by atoms with Gasteiger partial charge in [0.2, 0.25) is 0 Å². The number of nitrogens with zero attached hydrogens (tertiary/aromatic N) is 5. The summed E-state index contributed by atoms with van der Waals surface area (Å²) in [6.07, 6.45) is -1.10. The van der Waals surface area contributed by atoms with E-state index < -0.39 is 12.2 Å². The highest BCUT2D eigenvalue weighted by molar-refractivity contribution is 7.13. The van der Waals surface area contributed by atoms with Gasteiger partial charge in [0.05, 0.1) is 24.0 Å². The van der Waals surface area contributed by atoms with Crippen LogP contribution >= 0.6 is 11.3 Å². The maximum Gasteiger partial charge on any atom is 0.295 e. The summed E-state index contributed by atoms with van der Waals surface area (Å²) in [6, 6.07) is 14.0. The number of hydrogen-bond donors (Lipinski definition) is 3. The number of anilines is 4. The zero-order valence-electron chi connectivity index (χ0n) is 18.1. The standard InChI is InChI=1S/C23H16F2N8OS/c1-34-19-13(23-27-8-9-35-23)5-3-6-14(19)29-15-10-17(30-16-7-2-4-12(11-26)28-16)31-21-18(15)32-22(33-21)20(24)25/h2-10,20H,1H3,(H3,28,29,30,31,32,33). The lowest BCUT2D eigenvalue weighted by molar-refractivity contribution is 0.142. The van der Waals surface area contributed by atoms with E-state index in [0.717, 1.165) is 10.6 Å². The van der Waals surface area contributed by atoms with Crippen molar-refractivity contribution in [3.8, 4) is 22.4 Å². The van der Waals surface area contributed by atoms with Gasteiger partial charge in [-0.15, -0.1) is 11.3 Å². The highest BCUT2D eigenvalue weighted by atomic mass is 32.1. The maximum atomic E-state index is 13.4. The fourth-order valence-corrected chi connectivity index (χ4v) is 4.15. The molecule has 3 N–H and O–H groups in total. The van der Waals surface area contributed by atoms with Crippen LogP contribution in [-0.4, -0.2) is 32.0 Å². The summed E-state index contributed by atoms with van der Waals surface area (Å²) in [5, 5.41) is 18.0. The van der Waals surface area contributed by atoms with Crippen molar-refractivity contribution in [2.45, 2.75) is 6.43 Å². The van der Waals surface area contributed by atoms with Crippen LogP contribution in [0.4, 0.5) is 31.8 Å². The number of H-pyrrole nitrogens is 1. The van der Waals surface area contributed by atoms with E-state index in [9.17, 15) is 8.78 Å². The molecule has 0 amide bonds. The van der Waals surface area contributed by atoms with Gasteiger partial charge in [-0.2, -0.15) is 5.26 Å². The second-order valence-corrected chi connectivity index (χ2v) is 8.06. The van der Waals surface area contributed by atoms with Crippen molar-refractivity contribution < 1.29 is 13.5 Å². The van der Waals surface area contributed by atoms with Gasteiger partial charge in [0.15, 0.2) is 17.2 Å². The van der Waals surface area contributed by atoms with Crippen LogP contribution in [0.3, 0.4) is 0 Å². The van der Waals surface area contributed by atoms with Crippen molar-refractivity contribution in [3.63, 3.8) is 0 Å². The van der Waals surface area contributed by atoms with Crippen LogP contribution in [0.1, 0.15) is 17.9 Å². The Morgan fingerprint density at radius 1 is 1.06 bits per heavy atom. The van der Waals surface area contributed by atoms with E-state index in [1.807, 2.05) is 23.6 Å². The number of aromatic amines is 1. The van der Waals surface area contributed by atoms with E-state index in [0.29, 0.717) is 28.8 Å². The van der Waals surface area contributed by atoms with Gasteiger partial charge in [-0.3, -0.25) is 0 Å². The molecular formula is C23H16F2N8OS. The molecule has 0 fully saturated rings. The summed E-state index contributed by atoms with van der Waals surface area (Å²) < 4.78 is 32.5. The Kier molecular flexibility index (Phi) is 5.90. The van der Waals surface area contributed by atoms with Crippen molar-refractivity contribution in [3.05, 3.63) is 65.6 Å². The van der Waals surface area contributed by atoms with Crippen LogP contribution in [0.25, 0.3) is 21.7 Å². The molecule has 0 radical (unpaired) electrons. The summed E-state index contributed by atoms with van der Waals surface area (Å²) in [5.41, 5.74) is 2.38. The average molecular weight is 490 g/mol. The molecule has 9 nitrogen and oxygen atoms in total. The second kappa shape index (κ2) is 9.32. The number of methoxy groups -OCH3 is 1. The summed E-state index contributed by atoms with van der Waals surface area (Å²) in [7, 11) is 1.55. The molecule has 0 aliphatic carbocycles. The van der Waals surface area contributed by atoms with E-state index in [-0.39, 0.29) is 16.9 Å². The zero-order valence-corrected chi connectivity index (χ0v) is 18.9. The number of alkyl halides is 2. The third-order valence-electron chi connectivity index (χ3n) is 4.95. The molecule has 4 heterocycles. The topological polar surface area (TPSA) is 124 Å². The van der Waals surface area contributed by atoms with Gasteiger partial charge in [-0.25, -0.2) is 28.7 Å². The number of aromatic nitrogens is 5. The van der Waals surface area contributed by atoms with Crippen molar-refractivity contribution in [2.24, 2.45) is 0 Å². The first kappa shape index (κ1) is 22.2. The minimum Gasteiger partial charge on any atom is -0.494 e. The largest absolute Gasteiger partial charge is 0.494 e. The number of para-hydroxylation sites is 1. The first-order valence-electron chi connectivity index (χ1n) is 10.2. The number of benzene rings is 1. The number of rotatable bonds is 7. The van der Waals surface area contributed by atoms with E-state index in [2.05, 4.69) is 35.6 Å². The lowest BCUT2D eigenvalue weighted by Crippen LogP contribution is -2.01. The molecule has 4 aromatic heterocycles. The number of ether oxygens (including phenoxy) is 1. The number of hydrogen-bond acceptors (Lipinski definition) is 9. The number of pyridine rings is 2. The van der Waals surface area contributed by atoms with E-state index in [4.69, 9.17) is 10.00 Å². The molecule has 174 valence electrons. The fraction of sp³-hybridized carbons (Fsp3) is 0.0870. The van der Waals surface area contributed by atoms with Gasteiger partial charge < -0.3 is 20.4 Å². The Balaban J connectivity index is 1.60. The van der Waals surface area contributed by atoms with Crippen LogP contribution in [-0.2, 0) is 0 Å². The highest BCUT2D eigenvalue weighted by Gasteiger charge is 2.19. The number of nitriles is 1. The lowest BCUT2D eigenvalue weighted by atomic mass is 10.1. The minimum absolute atomic E-state index is 0.152. The monoisotopic (exact) mass is 490 g/mol. The Hall–Kier alpha value is -4.63. The molecule has 0 saturated carbocycles. The normalized spacial score (nSPS) is 10.9. The van der Waals surface area contributed by atoms with Gasteiger partial charge in [-0.05, 0) is 24.3 Å². The van der Waals surface area contributed by atoms with Crippen molar-refractivity contribution in [1.29, 1.82) is 5.26 Å². The van der Waals surface area contributed by atoms with Crippen LogP contribution in [0, 0.1) is 11.3 Å². The molecule has 5 aromatic rings. The van der Waals surface area contributed by atoms with Crippen LogP contribution in [0.2, 0.25) is 0 Å². The Morgan fingerprint density at radius 3 is 2.66 bits per heavy atom. The predicted molar refractivity (Wildman–Crippen MR) is 128 cm³/mol. The molecule has 0 aliphatic rings. The quantitative estimate of drug-likeness (QED) is 0.262. The van der Waals surface area contributed by atoms with Crippen LogP contribution in [0.5, 0.6) is 5.75 Å². The Bertz CT molecular complexity index is 1550. The molecule has 35 heavy (non-hydrogen) atoms. The van der Waals surface area contributed by atoms with Crippen LogP contribution in [0.15, 0.2) is 54.0 Å². The lowest BCUT2D eigenvalue weighted by Gasteiger charge is -2.15. The molecular weight excluding hydrogens is 474 g/mol. The molecule has 0 aliphatic heterocycles. The molecule has 12 heteroatoms. The minimum atomic E-state index is -2.80. The zero-order chi connectivity index (χ0) is 24.4. The van der Waals surface area contributed by atoms with E-state index in [1.54, 1.807) is 43.6 Å². The summed E-state index contributed by atoms with van der Waals surface area (Å²) in [4.78, 5) is 19.5. The van der Waals surface area contributed by atoms with Crippen molar-refractivity contribution in [2.75, 3.05) is 17.7 Å². The van der Waals surface area contributed by atoms with Gasteiger partial charge in [-0.1, -0.05) is 12.1 Å². The maximum absolute atomic E-state index is 13.4. The first-order chi connectivity index (χ1) is 17.1. The number of imidazole rings is 1. The summed E-state index contributed by atoms with van der Waals surface area (Å²) in [6.45, 7) is 0. The van der Waals surface area contributed by atoms with Crippen molar-refractivity contribution >= 4 is 45.5 Å². The van der Waals surface area contributed by atoms with Gasteiger partial charge in [0.1, 0.15) is 33.9 Å². The Labute approximate surface area is 201 Å². The van der Waals surface area contributed by atoms with Gasteiger partial charge in [0, 0.05) is 17.6 Å².